The molecular weight excluding hydrogens is 386 g/mol. The molecule has 0 amide bonds. The summed E-state index contributed by atoms with van der Waals surface area (Å²) in [7, 11) is 12.2. The van der Waals surface area contributed by atoms with Crippen molar-refractivity contribution in [3.63, 3.8) is 0 Å². The van der Waals surface area contributed by atoms with E-state index in [1.807, 2.05) is 72.6 Å². The number of ether oxygens (including phenoxy) is 1. The van der Waals surface area contributed by atoms with Crippen molar-refractivity contribution >= 4 is 23.0 Å². The van der Waals surface area contributed by atoms with Crippen LogP contribution in [0.3, 0.4) is 0 Å². The summed E-state index contributed by atoms with van der Waals surface area (Å²) >= 11 is 0. The number of hydrogen-bond donors (Lipinski definition) is 0. The van der Waals surface area contributed by atoms with Gasteiger partial charge in [0.15, 0.2) is 5.60 Å². The summed E-state index contributed by atoms with van der Waals surface area (Å²) in [4.78, 5) is 19.7. The summed E-state index contributed by atoms with van der Waals surface area (Å²) in [5, 5.41) is 0. The predicted octanol–water partition coefficient (Wildman–Crippen LogP) is 4.33. The fourth-order valence-electron chi connectivity index (χ4n) is 5.20. The molecule has 0 atom stereocenters. The summed E-state index contributed by atoms with van der Waals surface area (Å²) in [6, 6.07) is 18.5. The Labute approximate surface area is 183 Å². The van der Waals surface area contributed by atoms with Gasteiger partial charge < -0.3 is 19.4 Å². The average molecular weight is 414 g/mol. The topological polar surface area (TPSA) is 36.0 Å². The van der Waals surface area contributed by atoms with Gasteiger partial charge in [-0.3, -0.25) is 0 Å². The van der Waals surface area contributed by atoms with E-state index in [0.29, 0.717) is 5.56 Å². The highest BCUT2D eigenvalue weighted by Crippen LogP contribution is 2.61. The molecule has 3 aromatic rings. The van der Waals surface area contributed by atoms with Gasteiger partial charge in [0.2, 0.25) is 0 Å². The van der Waals surface area contributed by atoms with Crippen LogP contribution in [0.25, 0.3) is 11.1 Å². The summed E-state index contributed by atoms with van der Waals surface area (Å²) in [6.45, 7) is 0. The van der Waals surface area contributed by atoms with Crippen molar-refractivity contribution in [2.75, 3.05) is 57.0 Å². The molecule has 158 valence electrons. The van der Waals surface area contributed by atoms with Gasteiger partial charge in [-0.05, 0) is 17.2 Å². The second-order valence-corrected chi connectivity index (χ2v) is 8.86. The second-order valence-electron chi connectivity index (χ2n) is 8.86. The lowest BCUT2D eigenvalue weighted by Crippen LogP contribution is -2.30. The van der Waals surface area contributed by atoms with Gasteiger partial charge in [-0.1, -0.05) is 48.5 Å². The molecule has 0 aromatic heterocycles. The molecule has 5 nitrogen and oxygen atoms in total. The summed E-state index contributed by atoms with van der Waals surface area (Å²) in [6.07, 6.45) is 0. The van der Waals surface area contributed by atoms with Crippen LogP contribution in [-0.2, 0) is 10.3 Å². The predicted molar refractivity (Wildman–Crippen MR) is 127 cm³/mol. The highest BCUT2D eigenvalue weighted by Gasteiger charge is 2.56. The molecule has 0 unspecified atom stereocenters. The van der Waals surface area contributed by atoms with Gasteiger partial charge in [0.1, 0.15) is 0 Å². The first-order valence-electron chi connectivity index (χ1n) is 10.4. The standard InChI is InChI=1S/C26H27N3O2/c1-27(2)21-15-18-22(24(29(5)6)23(21)28(3)4)26(31-25(18)30)19-13-9-7-11-16(19)17-12-8-10-14-20(17)26/h7-15H,1-6H3. The Morgan fingerprint density at radius 2 is 1.19 bits per heavy atom. The van der Waals surface area contributed by atoms with Crippen LogP contribution in [0.2, 0.25) is 0 Å². The number of carbonyl (C=O) groups excluding carboxylic acids is 1. The van der Waals surface area contributed by atoms with Crippen LogP contribution >= 0.6 is 0 Å². The average Bonchev–Trinajstić information content (AvgIpc) is 3.20. The molecule has 3 aromatic carbocycles. The third-order valence-corrected chi connectivity index (χ3v) is 6.35. The van der Waals surface area contributed by atoms with Crippen molar-refractivity contribution < 1.29 is 9.53 Å². The molecule has 1 aliphatic heterocycles. The number of carbonyl (C=O) groups is 1. The quantitative estimate of drug-likeness (QED) is 0.598. The minimum absolute atomic E-state index is 0.280. The zero-order chi connectivity index (χ0) is 22.1. The molecule has 31 heavy (non-hydrogen) atoms. The first-order chi connectivity index (χ1) is 14.8. The van der Waals surface area contributed by atoms with Crippen molar-refractivity contribution in [1.82, 2.24) is 0 Å². The molecule has 5 heteroatoms. The van der Waals surface area contributed by atoms with E-state index in [4.69, 9.17) is 4.74 Å². The molecule has 1 spiro atoms. The third kappa shape index (κ3) is 2.40. The summed E-state index contributed by atoms with van der Waals surface area (Å²) in [5.41, 5.74) is 7.94. The number of hydrogen-bond acceptors (Lipinski definition) is 5. The number of rotatable bonds is 3. The van der Waals surface area contributed by atoms with E-state index >= 15 is 0 Å². The van der Waals surface area contributed by atoms with Crippen molar-refractivity contribution in [3.8, 4) is 11.1 Å². The molecule has 0 N–H and O–H groups in total. The summed E-state index contributed by atoms with van der Waals surface area (Å²) < 4.78 is 6.39. The van der Waals surface area contributed by atoms with Crippen molar-refractivity contribution in [2.45, 2.75) is 5.60 Å². The van der Waals surface area contributed by atoms with Gasteiger partial charge >= 0.3 is 5.97 Å². The lowest BCUT2D eigenvalue weighted by atomic mass is 9.81. The van der Waals surface area contributed by atoms with Crippen LogP contribution in [0.5, 0.6) is 0 Å². The Hall–Kier alpha value is -3.47. The van der Waals surface area contributed by atoms with Crippen LogP contribution in [0.15, 0.2) is 54.6 Å². The van der Waals surface area contributed by atoms with Crippen molar-refractivity contribution in [1.29, 1.82) is 0 Å². The molecule has 0 bridgehead atoms. The maximum absolute atomic E-state index is 13.4. The number of esters is 1. The van der Waals surface area contributed by atoms with Gasteiger partial charge in [-0.25, -0.2) is 4.79 Å². The highest BCUT2D eigenvalue weighted by atomic mass is 16.6. The van der Waals surface area contributed by atoms with E-state index < -0.39 is 5.60 Å². The fraction of sp³-hybridized carbons (Fsp3) is 0.269. The zero-order valence-electron chi connectivity index (χ0n) is 18.9. The Balaban J connectivity index is 1.98. The van der Waals surface area contributed by atoms with E-state index in [2.05, 4.69) is 39.0 Å². The van der Waals surface area contributed by atoms with Crippen LogP contribution < -0.4 is 14.7 Å². The number of nitrogens with zero attached hydrogens (tertiary/aromatic N) is 3. The smallest absolute Gasteiger partial charge is 0.340 e. The third-order valence-electron chi connectivity index (χ3n) is 6.35. The Morgan fingerprint density at radius 3 is 1.68 bits per heavy atom. The lowest BCUT2D eigenvalue weighted by Gasteiger charge is -2.34. The maximum Gasteiger partial charge on any atom is 0.340 e. The van der Waals surface area contributed by atoms with E-state index in [1.165, 1.54) is 0 Å². The molecule has 0 fully saturated rings. The summed E-state index contributed by atoms with van der Waals surface area (Å²) in [5.74, 6) is -0.280. The number of benzene rings is 3. The Kier molecular flexibility index (Phi) is 4.09. The molecule has 5 rings (SSSR count). The van der Waals surface area contributed by atoms with Crippen molar-refractivity contribution in [2.24, 2.45) is 0 Å². The highest BCUT2D eigenvalue weighted by molar-refractivity contribution is 6.06. The fourth-order valence-corrected chi connectivity index (χ4v) is 5.20. The number of fused-ring (bicyclic) bond motifs is 7. The molecule has 0 radical (unpaired) electrons. The van der Waals surface area contributed by atoms with Crippen LogP contribution in [0, 0.1) is 0 Å². The van der Waals surface area contributed by atoms with Crippen LogP contribution in [0.4, 0.5) is 17.1 Å². The molecule has 1 heterocycles. The lowest BCUT2D eigenvalue weighted by molar-refractivity contribution is 0.0265. The molecule has 1 aliphatic carbocycles. The maximum atomic E-state index is 13.4. The minimum Gasteiger partial charge on any atom is -0.440 e. The molecule has 0 saturated carbocycles. The van der Waals surface area contributed by atoms with E-state index in [1.54, 1.807) is 0 Å². The molecular formula is C26H27N3O2. The van der Waals surface area contributed by atoms with Gasteiger partial charge in [0.25, 0.3) is 0 Å². The second kappa shape index (κ2) is 6.51. The Bertz CT molecular complexity index is 1180. The minimum atomic E-state index is -0.950. The molecule has 0 saturated heterocycles. The first kappa shape index (κ1) is 19.5. The molecule has 2 aliphatic rings. The van der Waals surface area contributed by atoms with E-state index in [-0.39, 0.29) is 5.97 Å². The van der Waals surface area contributed by atoms with Gasteiger partial charge in [-0.2, -0.15) is 0 Å². The van der Waals surface area contributed by atoms with Gasteiger partial charge in [0, 0.05) is 59.0 Å². The van der Waals surface area contributed by atoms with Crippen LogP contribution in [0.1, 0.15) is 27.0 Å². The SMILES string of the molecule is CN(C)c1cc2c(c(N(C)C)c1N(C)C)C1(OC2=O)c2ccccc2-c2ccccc21. The van der Waals surface area contributed by atoms with Crippen molar-refractivity contribution in [3.05, 3.63) is 76.9 Å². The monoisotopic (exact) mass is 413 g/mol. The first-order valence-corrected chi connectivity index (χ1v) is 10.4. The van der Waals surface area contributed by atoms with E-state index in [9.17, 15) is 4.79 Å². The largest absolute Gasteiger partial charge is 0.440 e. The normalized spacial score (nSPS) is 14.7. The van der Waals surface area contributed by atoms with Gasteiger partial charge in [-0.15, -0.1) is 0 Å². The van der Waals surface area contributed by atoms with Gasteiger partial charge in [0.05, 0.1) is 22.6 Å². The Morgan fingerprint density at radius 1 is 0.677 bits per heavy atom. The zero-order valence-corrected chi connectivity index (χ0v) is 18.9. The number of anilines is 3. The van der Waals surface area contributed by atoms with Crippen LogP contribution in [-0.4, -0.2) is 48.3 Å². The van der Waals surface area contributed by atoms with E-state index in [0.717, 1.165) is 44.9 Å².